The number of nitrogens with zero attached hydrogens (tertiary/aromatic N) is 2. The lowest BCUT2D eigenvalue weighted by Gasteiger charge is -2.19. The third kappa shape index (κ3) is 3.23. The molecule has 8 heteroatoms. The molecule has 1 atom stereocenters. The van der Waals surface area contributed by atoms with Gasteiger partial charge in [-0.15, -0.1) is 0 Å². The fraction of sp³-hybridized carbons (Fsp3) is 0.250. The Hall–Kier alpha value is -2.57. The largest absolute Gasteiger partial charge is 0.469 e. The van der Waals surface area contributed by atoms with Crippen molar-refractivity contribution in [1.29, 1.82) is 0 Å². The molecule has 28 heavy (non-hydrogen) atoms. The molecule has 1 fully saturated rings. The van der Waals surface area contributed by atoms with Crippen LogP contribution < -0.4 is 4.90 Å². The third-order valence-corrected chi connectivity index (χ3v) is 5.31. The molecular weight excluding hydrogens is 403 g/mol. The van der Waals surface area contributed by atoms with E-state index in [1.165, 1.54) is 7.11 Å². The van der Waals surface area contributed by atoms with E-state index in [0.29, 0.717) is 38.3 Å². The van der Waals surface area contributed by atoms with Gasteiger partial charge in [-0.1, -0.05) is 29.3 Å². The average molecular weight is 419 g/mol. The van der Waals surface area contributed by atoms with Crippen LogP contribution in [0.5, 0.6) is 0 Å². The number of carbonyl (C=O) groups excluding carboxylic acids is 2. The van der Waals surface area contributed by atoms with E-state index in [2.05, 4.69) is 4.98 Å². The summed E-state index contributed by atoms with van der Waals surface area (Å²) in [6.07, 6.45) is 0.132. The second-order valence-electron chi connectivity index (χ2n) is 6.68. The highest BCUT2D eigenvalue weighted by Crippen LogP contribution is 2.35. The molecule has 6 nitrogen and oxygen atoms in total. The highest BCUT2D eigenvalue weighted by atomic mass is 35.5. The number of aromatic nitrogens is 1. The summed E-state index contributed by atoms with van der Waals surface area (Å²) in [6, 6.07) is 8.84. The first-order chi connectivity index (χ1) is 13.4. The van der Waals surface area contributed by atoms with Crippen molar-refractivity contribution in [3.8, 4) is 11.5 Å². The van der Waals surface area contributed by atoms with Crippen LogP contribution in [0.2, 0.25) is 10.0 Å². The molecule has 0 aliphatic carbocycles. The van der Waals surface area contributed by atoms with Crippen LogP contribution >= 0.6 is 23.2 Å². The second-order valence-corrected chi connectivity index (χ2v) is 7.53. The van der Waals surface area contributed by atoms with Crippen molar-refractivity contribution in [3.05, 3.63) is 45.9 Å². The van der Waals surface area contributed by atoms with Crippen molar-refractivity contribution < 1.29 is 18.7 Å². The standard InChI is InChI=1S/C20H16Cl2N2O4/c1-10-3-4-11(19-23-15-8-13(21)7-14(22)18(15)28-19)5-16(10)24-9-12(6-17(24)25)20(26)27-2/h3-5,7-8,12H,6,9H2,1-2H3. The summed E-state index contributed by atoms with van der Waals surface area (Å²) >= 11 is 12.2. The van der Waals surface area contributed by atoms with Gasteiger partial charge in [-0.25, -0.2) is 4.98 Å². The summed E-state index contributed by atoms with van der Waals surface area (Å²) in [6.45, 7) is 2.19. The molecule has 3 aromatic rings. The number of hydrogen-bond donors (Lipinski definition) is 0. The average Bonchev–Trinajstić information content (AvgIpc) is 3.25. The first-order valence-corrected chi connectivity index (χ1v) is 9.37. The Morgan fingerprint density at radius 2 is 2.07 bits per heavy atom. The van der Waals surface area contributed by atoms with E-state index in [1.807, 2.05) is 25.1 Å². The van der Waals surface area contributed by atoms with Gasteiger partial charge in [0.15, 0.2) is 5.58 Å². The van der Waals surface area contributed by atoms with Crippen molar-refractivity contribution in [3.63, 3.8) is 0 Å². The lowest BCUT2D eigenvalue weighted by atomic mass is 10.1. The first kappa shape index (κ1) is 18.8. The molecular formula is C20H16Cl2N2O4. The number of esters is 1. The van der Waals surface area contributed by atoms with Gasteiger partial charge in [0.1, 0.15) is 5.52 Å². The van der Waals surface area contributed by atoms with Crippen LogP contribution in [-0.4, -0.2) is 30.5 Å². The first-order valence-electron chi connectivity index (χ1n) is 8.62. The summed E-state index contributed by atoms with van der Waals surface area (Å²) in [4.78, 5) is 30.4. The van der Waals surface area contributed by atoms with Crippen LogP contribution in [0.4, 0.5) is 5.69 Å². The van der Waals surface area contributed by atoms with E-state index in [-0.39, 0.29) is 24.8 Å². The molecule has 1 aliphatic heterocycles. The molecule has 1 amide bonds. The van der Waals surface area contributed by atoms with Crippen LogP contribution in [0.15, 0.2) is 34.7 Å². The Bertz CT molecular complexity index is 1110. The van der Waals surface area contributed by atoms with E-state index in [0.717, 1.165) is 5.56 Å². The van der Waals surface area contributed by atoms with Crippen molar-refractivity contribution in [2.75, 3.05) is 18.6 Å². The summed E-state index contributed by atoms with van der Waals surface area (Å²) < 4.78 is 10.6. The molecule has 2 heterocycles. The molecule has 0 spiro atoms. The highest BCUT2D eigenvalue weighted by molar-refractivity contribution is 6.38. The summed E-state index contributed by atoms with van der Waals surface area (Å²) in [5.74, 6) is -0.597. The van der Waals surface area contributed by atoms with E-state index in [9.17, 15) is 9.59 Å². The van der Waals surface area contributed by atoms with E-state index in [4.69, 9.17) is 32.4 Å². The Balaban J connectivity index is 1.73. The van der Waals surface area contributed by atoms with E-state index < -0.39 is 5.92 Å². The van der Waals surface area contributed by atoms with Gasteiger partial charge >= 0.3 is 5.97 Å². The number of ether oxygens (including phenoxy) is 1. The second kappa shape index (κ2) is 7.11. The van der Waals surface area contributed by atoms with Crippen LogP contribution in [0.25, 0.3) is 22.6 Å². The molecule has 1 saturated heterocycles. The van der Waals surface area contributed by atoms with Crippen molar-refractivity contribution in [1.82, 2.24) is 4.98 Å². The SMILES string of the molecule is COC(=O)C1CC(=O)N(c2cc(-c3nc4cc(Cl)cc(Cl)c4o3)ccc2C)C1. The van der Waals surface area contributed by atoms with Gasteiger partial charge in [-0.3, -0.25) is 9.59 Å². The lowest BCUT2D eigenvalue weighted by Crippen LogP contribution is -2.26. The van der Waals surface area contributed by atoms with Crippen molar-refractivity contribution >= 4 is 51.9 Å². The molecule has 4 rings (SSSR count). The number of rotatable bonds is 3. The van der Waals surface area contributed by atoms with E-state index in [1.54, 1.807) is 17.0 Å². The third-order valence-electron chi connectivity index (χ3n) is 4.82. The zero-order chi connectivity index (χ0) is 20.0. The maximum absolute atomic E-state index is 12.5. The van der Waals surface area contributed by atoms with Gasteiger partial charge in [-0.2, -0.15) is 0 Å². The fourth-order valence-electron chi connectivity index (χ4n) is 3.38. The normalized spacial score (nSPS) is 16.8. The van der Waals surface area contributed by atoms with Gasteiger partial charge in [0, 0.05) is 29.2 Å². The summed E-state index contributed by atoms with van der Waals surface area (Å²) in [7, 11) is 1.33. The van der Waals surface area contributed by atoms with Crippen molar-refractivity contribution in [2.45, 2.75) is 13.3 Å². The van der Waals surface area contributed by atoms with Gasteiger partial charge in [0.05, 0.1) is 18.1 Å². The minimum absolute atomic E-state index is 0.122. The molecule has 1 aromatic heterocycles. The van der Waals surface area contributed by atoms with Crippen LogP contribution in [-0.2, 0) is 14.3 Å². The summed E-state index contributed by atoms with van der Waals surface area (Å²) in [5.41, 5.74) is 3.31. The maximum atomic E-state index is 12.5. The van der Waals surface area contributed by atoms with Gasteiger partial charge < -0.3 is 14.1 Å². The Morgan fingerprint density at radius 1 is 1.29 bits per heavy atom. The molecule has 2 aromatic carbocycles. The van der Waals surface area contributed by atoms with Crippen molar-refractivity contribution in [2.24, 2.45) is 5.92 Å². The number of aryl methyl sites for hydroxylation is 1. The number of anilines is 1. The zero-order valence-electron chi connectivity index (χ0n) is 15.2. The molecule has 0 radical (unpaired) electrons. The van der Waals surface area contributed by atoms with Gasteiger partial charge in [-0.05, 0) is 36.8 Å². The topological polar surface area (TPSA) is 72.6 Å². The number of amides is 1. The number of carbonyl (C=O) groups is 2. The minimum atomic E-state index is -0.467. The highest BCUT2D eigenvalue weighted by Gasteiger charge is 2.36. The molecule has 1 aliphatic rings. The van der Waals surface area contributed by atoms with Crippen LogP contribution in [0.3, 0.4) is 0 Å². The number of benzene rings is 2. The predicted octanol–water partition coefficient (Wildman–Crippen LogP) is 4.64. The number of methoxy groups -OCH3 is 1. The summed E-state index contributed by atoms with van der Waals surface area (Å²) in [5, 5.41) is 0.850. The molecule has 144 valence electrons. The monoisotopic (exact) mass is 418 g/mol. The maximum Gasteiger partial charge on any atom is 0.311 e. The fourth-order valence-corrected chi connectivity index (χ4v) is 3.90. The predicted molar refractivity (Wildman–Crippen MR) is 107 cm³/mol. The van der Waals surface area contributed by atoms with Gasteiger partial charge in [0.2, 0.25) is 11.8 Å². The molecule has 0 saturated carbocycles. The number of halogens is 2. The Morgan fingerprint density at radius 3 is 2.82 bits per heavy atom. The smallest absolute Gasteiger partial charge is 0.311 e. The molecule has 1 unspecified atom stereocenters. The number of hydrogen-bond acceptors (Lipinski definition) is 5. The minimum Gasteiger partial charge on any atom is -0.469 e. The molecule has 0 N–H and O–H groups in total. The zero-order valence-corrected chi connectivity index (χ0v) is 16.7. The quantitative estimate of drug-likeness (QED) is 0.579. The number of oxazole rings is 1. The Labute approximate surface area is 171 Å². The lowest BCUT2D eigenvalue weighted by molar-refractivity contribution is -0.145. The van der Waals surface area contributed by atoms with Crippen LogP contribution in [0.1, 0.15) is 12.0 Å². The molecule has 0 bridgehead atoms. The Kier molecular flexibility index (Phi) is 4.77. The number of fused-ring (bicyclic) bond motifs is 1. The van der Waals surface area contributed by atoms with Crippen LogP contribution in [0, 0.1) is 12.8 Å². The van der Waals surface area contributed by atoms with E-state index >= 15 is 0 Å². The van der Waals surface area contributed by atoms with Gasteiger partial charge in [0.25, 0.3) is 0 Å².